The van der Waals surface area contributed by atoms with Crippen LogP contribution >= 0.6 is 0 Å². The summed E-state index contributed by atoms with van der Waals surface area (Å²) in [6.45, 7) is 9.35. The van der Waals surface area contributed by atoms with Gasteiger partial charge in [-0.25, -0.2) is 0 Å². The van der Waals surface area contributed by atoms with Gasteiger partial charge in [0, 0.05) is 32.2 Å². The Bertz CT molecular complexity index is 411. The molecule has 0 spiro atoms. The van der Waals surface area contributed by atoms with Crippen molar-refractivity contribution in [2.75, 3.05) is 39.3 Å². The molecule has 0 aromatic heterocycles. The van der Waals surface area contributed by atoms with Crippen LogP contribution < -0.4 is 5.73 Å². The highest BCUT2D eigenvalue weighted by atomic mass is 16.3. The van der Waals surface area contributed by atoms with E-state index in [9.17, 15) is 5.11 Å². The summed E-state index contributed by atoms with van der Waals surface area (Å²) in [5.74, 6) is 0. The summed E-state index contributed by atoms with van der Waals surface area (Å²) in [6.07, 6.45) is 0. The fraction of sp³-hybridized carbons (Fsp3) is 0.625. The molecule has 0 amide bonds. The molecule has 1 aliphatic rings. The van der Waals surface area contributed by atoms with Crippen molar-refractivity contribution in [2.45, 2.75) is 25.4 Å². The molecule has 0 radical (unpaired) electrons. The van der Waals surface area contributed by atoms with E-state index in [2.05, 4.69) is 23.6 Å². The van der Waals surface area contributed by atoms with E-state index >= 15 is 0 Å². The molecule has 1 saturated heterocycles. The van der Waals surface area contributed by atoms with Crippen molar-refractivity contribution in [3.63, 3.8) is 0 Å². The first-order chi connectivity index (χ1) is 9.59. The number of piperazine rings is 1. The van der Waals surface area contributed by atoms with Gasteiger partial charge in [-0.05, 0) is 19.0 Å². The van der Waals surface area contributed by atoms with Gasteiger partial charge >= 0.3 is 0 Å². The largest absolute Gasteiger partial charge is 0.394 e. The minimum atomic E-state index is -0.671. The molecule has 2 unspecified atom stereocenters. The Balaban J connectivity index is 2.04. The van der Waals surface area contributed by atoms with Gasteiger partial charge in [0.2, 0.25) is 0 Å². The van der Waals surface area contributed by atoms with Gasteiger partial charge in [-0.15, -0.1) is 0 Å². The zero-order chi connectivity index (χ0) is 14.6. The summed E-state index contributed by atoms with van der Waals surface area (Å²) in [4.78, 5) is 4.86. The number of hydrogen-bond acceptors (Lipinski definition) is 4. The topological polar surface area (TPSA) is 52.7 Å². The molecule has 2 rings (SSSR count). The van der Waals surface area contributed by atoms with Gasteiger partial charge in [0.25, 0.3) is 0 Å². The second kappa shape index (κ2) is 6.68. The predicted octanol–water partition coefficient (Wildman–Crippen LogP) is 0.859. The molecule has 4 nitrogen and oxygen atoms in total. The van der Waals surface area contributed by atoms with E-state index in [0.717, 1.165) is 31.7 Å². The highest BCUT2D eigenvalue weighted by Crippen LogP contribution is 2.21. The quantitative estimate of drug-likeness (QED) is 0.838. The Kier molecular flexibility index (Phi) is 5.16. The van der Waals surface area contributed by atoms with Crippen LogP contribution in [0.3, 0.4) is 0 Å². The van der Waals surface area contributed by atoms with Crippen LogP contribution in [0.4, 0.5) is 0 Å². The summed E-state index contributed by atoms with van der Waals surface area (Å²) >= 11 is 0. The Morgan fingerprint density at radius 1 is 1.30 bits per heavy atom. The summed E-state index contributed by atoms with van der Waals surface area (Å²) in [7, 11) is 0. The van der Waals surface area contributed by atoms with Crippen molar-refractivity contribution < 1.29 is 5.11 Å². The monoisotopic (exact) mass is 277 g/mol. The number of rotatable bonds is 5. The van der Waals surface area contributed by atoms with Gasteiger partial charge in [0.05, 0.1) is 12.1 Å². The molecular formula is C16H27N3O. The van der Waals surface area contributed by atoms with Crippen LogP contribution in [0.2, 0.25) is 0 Å². The lowest BCUT2D eigenvalue weighted by Gasteiger charge is -2.42. The molecule has 0 bridgehead atoms. The Morgan fingerprint density at radius 2 is 2.00 bits per heavy atom. The predicted molar refractivity (Wildman–Crippen MR) is 82.5 cm³/mol. The minimum absolute atomic E-state index is 0.0284. The maximum atomic E-state index is 9.77. The van der Waals surface area contributed by atoms with Gasteiger partial charge in [-0.1, -0.05) is 37.3 Å². The molecule has 20 heavy (non-hydrogen) atoms. The second-order valence-corrected chi connectivity index (χ2v) is 5.89. The lowest BCUT2D eigenvalue weighted by molar-refractivity contribution is 0.0577. The van der Waals surface area contributed by atoms with Crippen LogP contribution in [0.5, 0.6) is 0 Å². The molecule has 1 aromatic carbocycles. The summed E-state index contributed by atoms with van der Waals surface area (Å²) in [5, 5.41) is 9.77. The molecule has 0 aliphatic carbocycles. The van der Waals surface area contributed by atoms with Crippen LogP contribution in [0, 0.1) is 0 Å². The molecule has 0 saturated carbocycles. The van der Waals surface area contributed by atoms with Crippen LogP contribution in [-0.2, 0) is 5.54 Å². The van der Waals surface area contributed by atoms with E-state index in [4.69, 9.17) is 5.73 Å². The first-order valence-electron chi connectivity index (χ1n) is 7.50. The first-order valence-corrected chi connectivity index (χ1v) is 7.50. The standard InChI is InChI=1S/C16H27N3O/c1-3-19-10-9-18(11-14(19)2)12-16(17,13-20)15-7-5-4-6-8-15/h4-8,14,20H,3,9-13,17H2,1-2H3. The van der Waals surface area contributed by atoms with E-state index < -0.39 is 5.54 Å². The second-order valence-electron chi connectivity index (χ2n) is 5.89. The first kappa shape index (κ1) is 15.4. The van der Waals surface area contributed by atoms with Gasteiger partial charge < -0.3 is 10.8 Å². The van der Waals surface area contributed by atoms with E-state index in [1.807, 2.05) is 30.3 Å². The van der Waals surface area contributed by atoms with Gasteiger partial charge in [-0.2, -0.15) is 0 Å². The van der Waals surface area contributed by atoms with Gasteiger partial charge in [0.1, 0.15) is 0 Å². The molecule has 1 aromatic rings. The van der Waals surface area contributed by atoms with Crippen molar-refractivity contribution >= 4 is 0 Å². The third-order valence-electron chi connectivity index (χ3n) is 4.39. The lowest BCUT2D eigenvalue weighted by Crippen LogP contribution is -2.57. The van der Waals surface area contributed by atoms with Crippen LogP contribution in [0.25, 0.3) is 0 Å². The fourth-order valence-corrected chi connectivity index (χ4v) is 3.09. The van der Waals surface area contributed by atoms with E-state index in [0.29, 0.717) is 12.6 Å². The molecular weight excluding hydrogens is 250 g/mol. The Labute approximate surface area is 122 Å². The van der Waals surface area contributed by atoms with Gasteiger partial charge in [-0.3, -0.25) is 9.80 Å². The average Bonchev–Trinajstić information content (AvgIpc) is 2.48. The molecule has 4 heteroatoms. The number of likely N-dealkylation sites (N-methyl/N-ethyl adjacent to an activating group) is 1. The number of nitrogens with two attached hydrogens (primary N) is 1. The smallest absolute Gasteiger partial charge is 0.0772 e. The zero-order valence-corrected chi connectivity index (χ0v) is 12.6. The average molecular weight is 277 g/mol. The number of hydrogen-bond donors (Lipinski definition) is 2. The van der Waals surface area contributed by atoms with Crippen molar-refractivity contribution in [2.24, 2.45) is 5.73 Å². The molecule has 3 N–H and O–H groups in total. The molecule has 1 heterocycles. The highest BCUT2D eigenvalue weighted by molar-refractivity contribution is 5.24. The SMILES string of the molecule is CCN1CCN(CC(N)(CO)c2ccccc2)CC1C. The lowest BCUT2D eigenvalue weighted by atomic mass is 9.90. The van der Waals surface area contributed by atoms with Crippen molar-refractivity contribution in [3.05, 3.63) is 35.9 Å². The molecule has 1 fully saturated rings. The minimum Gasteiger partial charge on any atom is -0.394 e. The molecule has 2 atom stereocenters. The van der Waals surface area contributed by atoms with E-state index in [-0.39, 0.29) is 6.61 Å². The normalized spacial score (nSPS) is 24.5. The van der Waals surface area contributed by atoms with Crippen molar-refractivity contribution in [3.8, 4) is 0 Å². The fourth-order valence-electron chi connectivity index (χ4n) is 3.09. The zero-order valence-electron chi connectivity index (χ0n) is 12.6. The number of aliphatic hydroxyl groups excluding tert-OH is 1. The summed E-state index contributed by atoms with van der Waals surface area (Å²) in [6, 6.07) is 10.5. The highest BCUT2D eigenvalue weighted by Gasteiger charge is 2.32. The number of aliphatic hydroxyl groups is 1. The van der Waals surface area contributed by atoms with Crippen molar-refractivity contribution in [1.29, 1.82) is 0 Å². The maximum absolute atomic E-state index is 9.77. The third kappa shape index (κ3) is 3.38. The van der Waals surface area contributed by atoms with E-state index in [1.165, 1.54) is 0 Å². The van der Waals surface area contributed by atoms with Gasteiger partial charge in [0.15, 0.2) is 0 Å². The Morgan fingerprint density at radius 3 is 2.55 bits per heavy atom. The summed E-state index contributed by atoms with van der Waals surface area (Å²) in [5.41, 5.74) is 6.79. The number of benzene rings is 1. The number of nitrogens with zero attached hydrogens (tertiary/aromatic N) is 2. The van der Waals surface area contributed by atoms with Crippen LogP contribution in [0.15, 0.2) is 30.3 Å². The third-order valence-corrected chi connectivity index (χ3v) is 4.39. The molecule has 112 valence electrons. The van der Waals surface area contributed by atoms with Crippen LogP contribution in [-0.4, -0.2) is 60.3 Å². The van der Waals surface area contributed by atoms with Crippen molar-refractivity contribution in [1.82, 2.24) is 9.80 Å². The molecule has 1 aliphatic heterocycles. The van der Waals surface area contributed by atoms with Crippen LogP contribution in [0.1, 0.15) is 19.4 Å². The summed E-state index contributed by atoms with van der Waals surface area (Å²) < 4.78 is 0. The maximum Gasteiger partial charge on any atom is 0.0772 e. The Hall–Kier alpha value is -0.940. The van der Waals surface area contributed by atoms with E-state index in [1.54, 1.807) is 0 Å².